The summed E-state index contributed by atoms with van der Waals surface area (Å²) in [5.74, 6) is 0.825. The smallest absolute Gasteiger partial charge is 0.119 e. The van der Waals surface area contributed by atoms with Crippen LogP contribution in [0.3, 0.4) is 0 Å². The van der Waals surface area contributed by atoms with E-state index in [4.69, 9.17) is 15.7 Å². The van der Waals surface area contributed by atoms with Gasteiger partial charge < -0.3 is 10.5 Å². The Morgan fingerprint density at radius 3 is 2.48 bits per heavy atom. The molecule has 0 radical (unpaired) electrons. The van der Waals surface area contributed by atoms with Gasteiger partial charge in [-0.2, -0.15) is 5.26 Å². The summed E-state index contributed by atoms with van der Waals surface area (Å²) in [4.78, 5) is 0. The molecule has 0 aliphatic carbocycles. The Morgan fingerprint density at radius 1 is 1.19 bits per heavy atom. The Bertz CT molecular complexity index is 641. The molecule has 0 aliphatic heterocycles. The normalized spacial score (nSPS) is 11.7. The molecule has 2 N–H and O–H groups in total. The Hall–Kier alpha value is -2.31. The van der Waals surface area contributed by atoms with Crippen LogP contribution in [0, 0.1) is 18.3 Å². The van der Waals surface area contributed by atoms with Crippen LogP contribution >= 0.6 is 0 Å². The minimum absolute atomic E-state index is 0.0832. The van der Waals surface area contributed by atoms with Crippen molar-refractivity contribution in [2.45, 2.75) is 32.9 Å². The lowest BCUT2D eigenvalue weighted by atomic mass is 10.1. The van der Waals surface area contributed by atoms with Gasteiger partial charge in [0.25, 0.3) is 0 Å². The minimum Gasteiger partial charge on any atom is -0.489 e. The zero-order valence-electron chi connectivity index (χ0n) is 12.5. The molecule has 3 nitrogen and oxygen atoms in total. The molecular weight excluding hydrogens is 260 g/mol. The number of nitrogens with zero attached hydrogens (tertiary/aromatic N) is 1. The Balaban J connectivity index is 2.02. The molecule has 0 fully saturated rings. The summed E-state index contributed by atoms with van der Waals surface area (Å²) in [7, 11) is 0. The molecular formula is C18H20N2O. The van der Waals surface area contributed by atoms with Gasteiger partial charge in [0.2, 0.25) is 0 Å². The van der Waals surface area contributed by atoms with E-state index in [1.165, 1.54) is 0 Å². The van der Waals surface area contributed by atoms with E-state index < -0.39 is 0 Å². The van der Waals surface area contributed by atoms with Gasteiger partial charge in [0.05, 0.1) is 11.6 Å². The second-order valence-corrected chi connectivity index (χ2v) is 5.13. The third-order valence-corrected chi connectivity index (χ3v) is 3.61. The van der Waals surface area contributed by atoms with Crippen molar-refractivity contribution >= 4 is 0 Å². The fraction of sp³-hybridized carbons (Fsp3) is 0.278. The van der Waals surface area contributed by atoms with Crippen LogP contribution in [0.5, 0.6) is 5.75 Å². The summed E-state index contributed by atoms with van der Waals surface area (Å²) in [5, 5.41) is 8.86. The van der Waals surface area contributed by atoms with Crippen LogP contribution in [0.15, 0.2) is 42.5 Å². The maximum absolute atomic E-state index is 8.86. The van der Waals surface area contributed by atoms with Crippen molar-refractivity contribution in [3.8, 4) is 11.8 Å². The lowest BCUT2D eigenvalue weighted by Crippen LogP contribution is -2.08. The maximum atomic E-state index is 8.86. The summed E-state index contributed by atoms with van der Waals surface area (Å²) in [5.41, 5.74) is 9.94. The highest BCUT2D eigenvalue weighted by atomic mass is 16.5. The zero-order valence-corrected chi connectivity index (χ0v) is 12.5. The number of ether oxygens (including phenoxy) is 1. The van der Waals surface area contributed by atoms with Crippen molar-refractivity contribution in [1.82, 2.24) is 0 Å². The van der Waals surface area contributed by atoms with E-state index >= 15 is 0 Å². The molecule has 2 aromatic carbocycles. The van der Waals surface area contributed by atoms with Gasteiger partial charge in [-0.05, 0) is 54.3 Å². The van der Waals surface area contributed by atoms with E-state index in [1.54, 1.807) is 0 Å². The molecule has 108 valence electrons. The predicted octanol–water partition coefficient (Wildman–Crippen LogP) is 3.86. The van der Waals surface area contributed by atoms with E-state index in [2.05, 4.69) is 13.0 Å². The van der Waals surface area contributed by atoms with Crippen LogP contribution in [0.2, 0.25) is 0 Å². The Labute approximate surface area is 126 Å². The molecule has 0 amide bonds. The van der Waals surface area contributed by atoms with Crippen molar-refractivity contribution in [3.63, 3.8) is 0 Å². The second-order valence-electron chi connectivity index (χ2n) is 5.13. The number of hydrogen-bond acceptors (Lipinski definition) is 3. The van der Waals surface area contributed by atoms with Crippen molar-refractivity contribution in [2.24, 2.45) is 5.73 Å². The molecule has 0 spiro atoms. The average Bonchev–Trinajstić information content (AvgIpc) is 2.53. The lowest BCUT2D eigenvalue weighted by Gasteiger charge is -2.12. The molecule has 3 heteroatoms. The van der Waals surface area contributed by atoms with Gasteiger partial charge in [0.15, 0.2) is 0 Å². The number of rotatable bonds is 5. The van der Waals surface area contributed by atoms with Crippen molar-refractivity contribution in [1.29, 1.82) is 5.26 Å². The first-order valence-corrected chi connectivity index (χ1v) is 7.12. The molecule has 0 aliphatic rings. The lowest BCUT2D eigenvalue weighted by molar-refractivity contribution is 0.305. The largest absolute Gasteiger partial charge is 0.489 e. The number of nitrogens with two attached hydrogens (primary N) is 1. The quantitative estimate of drug-likeness (QED) is 0.904. The maximum Gasteiger partial charge on any atom is 0.119 e. The summed E-state index contributed by atoms with van der Waals surface area (Å²) >= 11 is 0. The minimum atomic E-state index is 0.0832. The fourth-order valence-electron chi connectivity index (χ4n) is 2.14. The summed E-state index contributed by atoms with van der Waals surface area (Å²) < 4.78 is 5.79. The molecule has 0 unspecified atom stereocenters. The number of aryl methyl sites for hydroxylation is 1. The first-order chi connectivity index (χ1) is 10.1. The summed E-state index contributed by atoms with van der Waals surface area (Å²) in [6, 6.07) is 15.8. The third kappa shape index (κ3) is 3.84. The van der Waals surface area contributed by atoms with Crippen molar-refractivity contribution < 1.29 is 4.74 Å². The highest BCUT2D eigenvalue weighted by Gasteiger charge is 2.04. The molecule has 21 heavy (non-hydrogen) atoms. The van der Waals surface area contributed by atoms with Gasteiger partial charge in [-0.15, -0.1) is 0 Å². The van der Waals surface area contributed by atoms with Gasteiger partial charge in [-0.1, -0.05) is 25.1 Å². The van der Waals surface area contributed by atoms with Gasteiger partial charge in [0.1, 0.15) is 12.4 Å². The molecule has 0 bridgehead atoms. The van der Waals surface area contributed by atoms with Crippen LogP contribution in [0.4, 0.5) is 0 Å². The van der Waals surface area contributed by atoms with Crippen LogP contribution in [-0.2, 0) is 6.61 Å². The fourth-order valence-corrected chi connectivity index (χ4v) is 2.14. The summed E-state index contributed by atoms with van der Waals surface area (Å²) in [6.07, 6.45) is 0.921. The molecule has 1 atom stereocenters. The van der Waals surface area contributed by atoms with E-state index in [-0.39, 0.29) is 6.04 Å². The number of nitriles is 1. The van der Waals surface area contributed by atoms with Crippen LogP contribution in [-0.4, -0.2) is 0 Å². The van der Waals surface area contributed by atoms with Gasteiger partial charge in [-0.25, -0.2) is 0 Å². The Kier molecular flexibility index (Phi) is 4.97. The number of hydrogen-bond donors (Lipinski definition) is 1. The molecule has 2 rings (SSSR count). The van der Waals surface area contributed by atoms with E-state index in [1.807, 2.05) is 49.4 Å². The average molecular weight is 280 g/mol. The number of benzene rings is 2. The molecule has 0 heterocycles. The molecule has 0 saturated carbocycles. The van der Waals surface area contributed by atoms with Gasteiger partial charge in [-0.3, -0.25) is 0 Å². The second kappa shape index (κ2) is 6.92. The summed E-state index contributed by atoms with van der Waals surface area (Å²) in [6.45, 7) is 4.56. The van der Waals surface area contributed by atoms with E-state index in [9.17, 15) is 0 Å². The topological polar surface area (TPSA) is 59.0 Å². The van der Waals surface area contributed by atoms with Crippen LogP contribution < -0.4 is 10.5 Å². The SMILES string of the molecule is CC[C@H](N)c1ccc(OCc2ccc(C#N)cc2C)cc1. The Morgan fingerprint density at radius 2 is 1.90 bits per heavy atom. The van der Waals surface area contributed by atoms with Crippen molar-refractivity contribution in [2.75, 3.05) is 0 Å². The third-order valence-electron chi connectivity index (χ3n) is 3.61. The van der Waals surface area contributed by atoms with Gasteiger partial charge >= 0.3 is 0 Å². The van der Waals surface area contributed by atoms with Crippen molar-refractivity contribution in [3.05, 3.63) is 64.7 Å². The van der Waals surface area contributed by atoms with E-state index in [0.717, 1.165) is 28.9 Å². The first-order valence-electron chi connectivity index (χ1n) is 7.12. The zero-order chi connectivity index (χ0) is 15.2. The van der Waals surface area contributed by atoms with E-state index in [0.29, 0.717) is 12.2 Å². The highest BCUT2D eigenvalue weighted by Crippen LogP contribution is 2.20. The predicted molar refractivity (Wildman–Crippen MR) is 83.9 cm³/mol. The molecule has 2 aromatic rings. The van der Waals surface area contributed by atoms with Gasteiger partial charge in [0, 0.05) is 6.04 Å². The first kappa shape index (κ1) is 15.1. The van der Waals surface area contributed by atoms with Crippen LogP contribution in [0.25, 0.3) is 0 Å². The molecule has 0 aromatic heterocycles. The molecule has 0 saturated heterocycles. The monoisotopic (exact) mass is 280 g/mol. The standard InChI is InChI=1S/C18H20N2O/c1-3-18(20)15-6-8-17(9-7-15)21-12-16-5-4-14(11-19)10-13(16)2/h4-10,18H,3,12,20H2,1-2H3/t18-/m0/s1. The highest BCUT2D eigenvalue weighted by molar-refractivity contribution is 5.37. The van der Waals surface area contributed by atoms with Crippen LogP contribution in [0.1, 0.15) is 41.6 Å².